The Hall–Kier alpha value is -1.71. The van der Waals surface area contributed by atoms with Gasteiger partial charge in [0, 0.05) is 18.0 Å². The van der Waals surface area contributed by atoms with Crippen LogP contribution in [0.1, 0.15) is 36.2 Å². The van der Waals surface area contributed by atoms with Crippen molar-refractivity contribution in [1.82, 2.24) is 4.98 Å². The molecule has 0 fully saturated rings. The molecule has 0 radical (unpaired) electrons. The number of pyridine rings is 1. The van der Waals surface area contributed by atoms with Gasteiger partial charge in [0.1, 0.15) is 5.92 Å². The van der Waals surface area contributed by atoms with Gasteiger partial charge in [-0.05, 0) is 31.9 Å². The molecule has 1 heterocycles. The number of rotatable bonds is 5. The molecule has 4 heteroatoms. The highest BCUT2D eigenvalue weighted by Gasteiger charge is 2.27. The summed E-state index contributed by atoms with van der Waals surface area (Å²) in [6.07, 6.45) is 3.61. The highest BCUT2D eigenvalue weighted by atomic mass is 16.5. The van der Waals surface area contributed by atoms with Crippen LogP contribution in [0.4, 0.5) is 0 Å². The van der Waals surface area contributed by atoms with Crippen LogP contribution >= 0.6 is 0 Å². The van der Waals surface area contributed by atoms with Gasteiger partial charge in [-0.3, -0.25) is 14.6 Å². The molecule has 0 aliphatic heterocycles. The second-order valence-electron chi connectivity index (χ2n) is 3.77. The zero-order valence-electron chi connectivity index (χ0n) is 10.4. The maximum Gasteiger partial charge on any atom is 0.316 e. The first kappa shape index (κ1) is 13.4. The topological polar surface area (TPSA) is 56.3 Å². The van der Waals surface area contributed by atoms with Gasteiger partial charge in [0.25, 0.3) is 0 Å². The fraction of sp³-hybridized carbons (Fsp3) is 0.462. The molecule has 0 bridgehead atoms. The number of nitrogens with zero attached hydrogens (tertiary/aromatic N) is 1. The Labute approximate surface area is 101 Å². The summed E-state index contributed by atoms with van der Waals surface area (Å²) in [6.45, 7) is 5.62. The van der Waals surface area contributed by atoms with Gasteiger partial charge in [-0.15, -0.1) is 0 Å². The molecule has 1 atom stereocenters. The highest BCUT2D eigenvalue weighted by molar-refractivity contribution is 6.09. The van der Waals surface area contributed by atoms with Gasteiger partial charge >= 0.3 is 5.97 Å². The predicted octanol–water partition coefficient (Wildman–Crippen LogP) is 2.16. The van der Waals surface area contributed by atoms with E-state index in [4.69, 9.17) is 4.74 Å². The number of hydrogen-bond donors (Lipinski definition) is 0. The van der Waals surface area contributed by atoms with Crippen molar-refractivity contribution < 1.29 is 14.3 Å². The Kier molecular flexibility index (Phi) is 4.82. The number of Topliss-reactive ketones (excluding diaryl/α,β-unsaturated/α-hetero) is 1. The molecular weight excluding hydrogens is 218 g/mol. The van der Waals surface area contributed by atoms with Gasteiger partial charge in [-0.25, -0.2) is 0 Å². The van der Waals surface area contributed by atoms with Gasteiger partial charge in [0.05, 0.1) is 6.61 Å². The van der Waals surface area contributed by atoms with Crippen molar-refractivity contribution in [2.45, 2.75) is 27.2 Å². The third-order valence-electron chi connectivity index (χ3n) is 2.58. The number of carbonyl (C=O) groups excluding carboxylic acids is 2. The molecule has 1 unspecified atom stereocenters. The molecule has 0 saturated heterocycles. The molecule has 0 N–H and O–H groups in total. The fourth-order valence-corrected chi connectivity index (χ4v) is 1.64. The van der Waals surface area contributed by atoms with E-state index in [0.29, 0.717) is 12.0 Å². The normalized spacial score (nSPS) is 11.9. The van der Waals surface area contributed by atoms with Crippen LogP contribution in [-0.4, -0.2) is 23.3 Å². The average molecular weight is 235 g/mol. The molecule has 0 spiro atoms. The number of ketones is 1. The number of ether oxygens (including phenoxy) is 1. The Morgan fingerprint density at radius 1 is 1.41 bits per heavy atom. The van der Waals surface area contributed by atoms with Crippen molar-refractivity contribution in [3.8, 4) is 0 Å². The van der Waals surface area contributed by atoms with E-state index in [0.717, 1.165) is 5.56 Å². The minimum atomic E-state index is -0.712. The van der Waals surface area contributed by atoms with Gasteiger partial charge in [0.2, 0.25) is 0 Å². The maximum absolute atomic E-state index is 12.2. The number of hydrogen-bond acceptors (Lipinski definition) is 4. The zero-order chi connectivity index (χ0) is 12.8. The Morgan fingerprint density at radius 3 is 2.65 bits per heavy atom. The second kappa shape index (κ2) is 6.13. The molecule has 17 heavy (non-hydrogen) atoms. The first-order chi connectivity index (χ1) is 8.11. The molecule has 1 aromatic heterocycles. The van der Waals surface area contributed by atoms with Crippen LogP contribution in [-0.2, 0) is 9.53 Å². The van der Waals surface area contributed by atoms with Crippen molar-refractivity contribution in [2.24, 2.45) is 5.92 Å². The molecule has 1 aromatic rings. The third kappa shape index (κ3) is 3.12. The lowest BCUT2D eigenvalue weighted by Crippen LogP contribution is -2.26. The van der Waals surface area contributed by atoms with E-state index in [1.54, 1.807) is 39.2 Å². The van der Waals surface area contributed by atoms with E-state index < -0.39 is 11.9 Å². The highest BCUT2D eigenvalue weighted by Crippen LogP contribution is 2.16. The lowest BCUT2D eigenvalue weighted by Gasteiger charge is -2.13. The Balaban J connectivity index is 2.94. The Morgan fingerprint density at radius 2 is 2.12 bits per heavy atom. The second-order valence-corrected chi connectivity index (χ2v) is 3.77. The van der Waals surface area contributed by atoms with Crippen molar-refractivity contribution in [2.75, 3.05) is 6.61 Å². The van der Waals surface area contributed by atoms with E-state index in [1.165, 1.54) is 0 Å². The summed E-state index contributed by atoms with van der Waals surface area (Å²) >= 11 is 0. The standard InChI is InChI=1S/C13H17NO3/c1-4-10(13(16)17-5-2)12(15)11-6-7-14-8-9(11)3/h6-8,10H,4-5H2,1-3H3. The largest absolute Gasteiger partial charge is 0.465 e. The van der Waals surface area contributed by atoms with Crippen LogP contribution in [0, 0.1) is 12.8 Å². The first-order valence-corrected chi connectivity index (χ1v) is 5.73. The van der Waals surface area contributed by atoms with Gasteiger partial charge < -0.3 is 4.74 Å². The molecule has 0 aromatic carbocycles. The van der Waals surface area contributed by atoms with Crippen LogP contribution < -0.4 is 0 Å². The van der Waals surface area contributed by atoms with E-state index in [2.05, 4.69) is 4.98 Å². The number of aromatic nitrogens is 1. The number of esters is 1. The summed E-state index contributed by atoms with van der Waals surface area (Å²) < 4.78 is 4.90. The monoisotopic (exact) mass is 235 g/mol. The van der Waals surface area contributed by atoms with Crippen LogP contribution in [0.2, 0.25) is 0 Å². The minimum absolute atomic E-state index is 0.189. The predicted molar refractivity (Wildman–Crippen MR) is 63.7 cm³/mol. The summed E-state index contributed by atoms with van der Waals surface area (Å²) in [5, 5.41) is 0. The molecule has 4 nitrogen and oxygen atoms in total. The van der Waals surface area contributed by atoms with Gasteiger partial charge in [-0.2, -0.15) is 0 Å². The van der Waals surface area contributed by atoms with Crippen molar-refractivity contribution in [1.29, 1.82) is 0 Å². The summed E-state index contributed by atoms with van der Waals surface area (Å²) in [4.78, 5) is 27.8. The summed E-state index contributed by atoms with van der Waals surface area (Å²) in [5.41, 5.74) is 1.32. The molecule has 92 valence electrons. The van der Waals surface area contributed by atoms with Crippen LogP contribution in [0.3, 0.4) is 0 Å². The minimum Gasteiger partial charge on any atom is -0.465 e. The fourth-order valence-electron chi connectivity index (χ4n) is 1.64. The van der Waals surface area contributed by atoms with E-state index in [9.17, 15) is 9.59 Å². The van der Waals surface area contributed by atoms with E-state index >= 15 is 0 Å². The van der Waals surface area contributed by atoms with Crippen molar-refractivity contribution >= 4 is 11.8 Å². The van der Waals surface area contributed by atoms with E-state index in [-0.39, 0.29) is 12.4 Å². The van der Waals surface area contributed by atoms with Crippen LogP contribution in [0.5, 0.6) is 0 Å². The van der Waals surface area contributed by atoms with Crippen LogP contribution in [0.25, 0.3) is 0 Å². The summed E-state index contributed by atoms with van der Waals surface area (Å²) in [5.74, 6) is -1.35. The molecule has 0 amide bonds. The van der Waals surface area contributed by atoms with Crippen molar-refractivity contribution in [3.63, 3.8) is 0 Å². The number of aryl methyl sites for hydroxylation is 1. The summed E-state index contributed by atoms with van der Waals surface area (Å²) in [6, 6.07) is 1.64. The molecule has 1 rings (SSSR count). The lowest BCUT2D eigenvalue weighted by molar-refractivity contribution is -0.146. The summed E-state index contributed by atoms with van der Waals surface area (Å²) in [7, 11) is 0. The third-order valence-corrected chi connectivity index (χ3v) is 2.58. The Bertz CT molecular complexity index is 415. The first-order valence-electron chi connectivity index (χ1n) is 5.73. The van der Waals surface area contributed by atoms with Crippen molar-refractivity contribution in [3.05, 3.63) is 29.6 Å². The van der Waals surface area contributed by atoms with Gasteiger partial charge in [0.15, 0.2) is 5.78 Å². The smallest absolute Gasteiger partial charge is 0.316 e. The number of carbonyl (C=O) groups is 2. The van der Waals surface area contributed by atoms with E-state index in [1.807, 2.05) is 0 Å². The van der Waals surface area contributed by atoms with Gasteiger partial charge in [-0.1, -0.05) is 6.92 Å². The lowest BCUT2D eigenvalue weighted by atomic mass is 9.94. The zero-order valence-corrected chi connectivity index (χ0v) is 10.4. The molecular formula is C13H17NO3. The average Bonchev–Trinajstić information content (AvgIpc) is 2.30. The SMILES string of the molecule is CCOC(=O)C(CC)C(=O)c1ccncc1C. The quantitative estimate of drug-likeness (QED) is 0.446. The molecule has 0 aliphatic rings. The maximum atomic E-state index is 12.2. The van der Waals surface area contributed by atoms with Crippen LogP contribution in [0.15, 0.2) is 18.5 Å². The molecule has 0 saturated carbocycles. The molecule has 0 aliphatic carbocycles.